The third kappa shape index (κ3) is 6.92. The van der Waals surface area contributed by atoms with Gasteiger partial charge >= 0.3 is 11.9 Å². The van der Waals surface area contributed by atoms with Gasteiger partial charge in [0.1, 0.15) is 0 Å². The molecule has 1 aromatic heterocycles. The van der Waals surface area contributed by atoms with Gasteiger partial charge in [-0.25, -0.2) is 9.59 Å². The summed E-state index contributed by atoms with van der Waals surface area (Å²) < 4.78 is 16.0. The van der Waals surface area contributed by atoms with E-state index < -0.39 is 11.9 Å². The Morgan fingerprint density at radius 1 is 0.720 bits per heavy atom. The number of ether oxygens (including phenoxy) is 2. The molecule has 5 heteroatoms. The lowest BCUT2D eigenvalue weighted by Crippen LogP contribution is -2.07. The molecule has 0 aliphatic carbocycles. The van der Waals surface area contributed by atoms with E-state index in [1.807, 2.05) is 0 Å². The van der Waals surface area contributed by atoms with Crippen molar-refractivity contribution in [1.82, 2.24) is 0 Å². The van der Waals surface area contributed by atoms with Crippen molar-refractivity contribution in [3.05, 3.63) is 22.6 Å². The van der Waals surface area contributed by atoms with Crippen LogP contribution in [-0.4, -0.2) is 25.2 Å². The lowest BCUT2D eigenvalue weighted by Gasteiger charge is -2.03. The second-order valence-corrected chi connectivity index (χ2v) is 6.40. The van der Waals surface area contributed by atoms with E-state index in [-0.39, 0.29) is 11.5 Å². The second-order valence-electron chi connectivity index (χ2n) is 6.40. The first-order chi connectivity index (χ1) is 12.0. The molecule has 25 heavy (non-hydrogen) atoms. The fourth-order valence-corrected chi connectivity index (χ4v) is 2.50. The Kier molecular flexibility index (Phi) is 9.97. The molecular weight excluding hydrogens is 320 g/mol. The Bertz CT molecular complexity index is 498. The van der Waals surface area contributed by atoms with Gasteiger partial charge in [0.05, 0.1) is 13.2 Å². The van der Waals surface area contributed by atoms with Crippen LogP contribution in [0.1, 0.15) is 97.5 Å². The highest BCUT2D eigenvalue weighted by atomic mass is 16.6. The molecule has 0 aliphatic heterocycles. The Balaban J connectivity index is 2.56. The van der Waals surface area contributed by atoms with Crippen LogP contribution in [0.5, 0.6) is 0 Å². The molecule has 0 atom stereocenters. The van der Waals surface area contributed by atoms with Gasteiger partial charge in [0.15, 0.2) is 0 Å². The van der Waals surface area contributed by atoms with Crippen molar-refractivity contribution in [2.24, 2.45) is 0 Å². The summed E-state index contributed by atoms with van der Waals surface area (Å²) in [4.78, 5) is 24.3. The molecule has 0 aromatic carbocycles. The maximum atomic E-state index is 12.2. The van der Waals surface area contributed by atoms with E-state index in [1.165, 1.54) is 0 Å². The molecule has 0 amide bonds. The predicted molar refractivity (Wildman–Crippen MR) is 97.0 cm³/mol. The van der Waals surface area contributed by atoms with Crippen molar-refractivity contribution in [3.63, 3.8) is 0 Å². The van der Waals surface area contributed by atoms with Crippen molar-refractivity contribution in [3.8, 4) is 0 Å². The molecule has 0 unspecified atom stereocenters. The van der Waals surface area contributed by atoms with E-state index in [1.54, 1.807) is 13.8 Å². The highest BCUT2D eigenvalue weighted by Gasteiger charge is 2.25. The first-order valence-electron chi connectivity index (χ1n) is 9.47. The molecule has 0 saturated heterocycles. The van der Waals surface area contributed by atoms with Gasteiger partial charge in [0.25, 0.3) is 0 Å². The monoisotopic (exact) mass is 352 g/mol. The van der Waals surface area contributed by atoms with Crippen LogP contribution in [0.4, 0.5) is 0 Å². The molecule has 0 fully saturated rings. The van der Waals surface area contributed by atoms with Crippen LogP contribution in [0.3, 0.4) is 0 Å². The molecule has 0 spiro atoms. The molecule has 0 bridgehead atoms. The van der Waals surface area contributed by atoms with Crippen LogP contribution in [-0.2, 0) is 9.47 Å². The van der Waals surface area contributed by atoms with E-state index in [0.717, 1.165) is 51.4 Å². The van der Waals surface area contributed by atoms with Crippen molar-refractivity contribution >= 4 is 11.9 Å². The van der Waals surface area contributed by atoms with Gasteiger partial charge in [-0.05, 0) is 26.7 Å². The number of rotatable bonds is 12. The van der Waals surface area contributed by atoms with Gasteiger partial charge in [-0.3, -0.25) is 0 Å². The summed E-state index contributed by atoms with van der Waals surface area (Å²) in [6.45, 7) is 8.51. The molecule has 0 aliphatic rings. The average molecular weight is 352 g/mol. The van der Waals surface area contributed by atoms with Crippen molar-refractivity contribution in [2.75, 3.05) is 13.2 Å². The fraction of sp³-hybridized carbons (Fsp3) is 0.700. The Morgan fingerprint density at radius 2 is 1.12 bits per heavy atom. The third-order valence-electron chi connectivity index (χ3n) is 4.28. The van der Waals surface area contributed by atoms with Gasteiger partial charge < -0.3 is 13.9 Å². The van der Waals surface area contributed by atoms with Crippen LogP contribution in [0.2, 0.25) is 0 Å². The third-order valence-corrected chi connectivity index (χ3v) is 4.28. The summed E-state index contributed by atoms with van der Waals surface area (Å²) in [5.41, 5.74) is 1.27. The quantitative estimate of drug-likeness (QED) is 0.374. The van der Waals surface area contributed by atoms with Crippen molar-refractivity contribution < 1.29 is 23.5 Å². The Labute approximate surface area is 151 Å². The molecule has 0 saturated carbocycles. The van der Waals surface area contributed by atoms with Crippen LogP contribution >= 0.6 is 0 Å². The van der Waals surface area contributed by atoms with Gasteiger partial charge in [-0.15, -0.1) is 0 Å². The van der Waals surface area contributed by atoms with Gasteiger partial charge in [0, 0.05) is 11.1 Å². The first kappa shape index (κ1) is 21.3. The van der Waals surface area contributed by atoms with Crippen LogP contribution < -0.4 is 0 Å². The number of hydrogen-bond acceptors (Lipinski definition) is 5. The van der Waals surface area contributed by atoms with Gasteiger partial charge in [0.2, 0.25) is 11.5 Å². The van der Waals surface area contributed by atoms with E-state index in [9.17, 15) is 9.59 Å². The fourth-order valence-electron chi connectivity index (χ4n) is 2.50. The summed E-state index contributed by atoms with van der Waals surface area (Å²) in [5.74, 6) is -0.824. The van der Waals surface area contributed by atoms with E-state index in [2.05, 4.69) is 13.8 Å². The van der Waals surface area contributed by atoms with Crippen molar-refractivity contribution in [2.45, 2.75) is 79.1 Å². The maximum Gasteiger partial charge on any atom is 0.374 e. The van der Waals surface area contributed by atoms with Crippen LogP contribution in [0.15, 0.2) is 4.42 Å². The first-order valence-corrected chi connectivity index (χ1v) is 9.47. The second kappa shape index (κ2) is 11.7. The minimum Gasteiger partial charge on any atom is -0.460 e. The molecule has 142 valence electrons. The molecule has 0 N–H and O–H groups in total. The molecule has 1 aromatic rings. The molecule has 5 nitrogen and oxygen atoms in total. The zero-order valence-electron chi connectivity index (χ0n) is 16.1. The molecule has 1 rings (SSSR count). The van der Waals surface area contributed by atoms with E-state index >= 15 is 0 Å². The lowest BCUT2D eigenvalue weighted by molar-refractivity contribution is 0.0426. The summed E-state index contributed by atoms with van der Waals surface area (Å²) in [6.07, 6.45) is 8.28. The van der Waals surface area contributed by atoms with Gasteiger partial charge in [-0.2, -0.15) is 0 Å². The zero-order chi connectivity index (χ0) is 18.7. The number of hydrogen-bond donors (Lipinski definition) is 0. The van der Waals surface area contributed by atoms with E-state index in [4.69, 9.17) is 13.9 Å². The molecule has 1 heterocycles. The van der Waals surface area contributed by atoms with E-state index in [0.29, 0.717) is 24.3 Å². The smallest absolute Gasteiger partial charge is 0.374 e. The number of unbranched alkanes of at least 4 members (excludes halogenated alkanes) is 6. The normalized spacial score (nSPS) is 10.7. The molecule has 0 radical (unpaired) electrons. The largest absolute Gasteiger partial charge is 0.460 e. The average Bonchev–Trinajstić information content (AvgIpc) is 2.90. The Hall–Kier alpha value is -1.78. The van der Waals surface area contributed by atoms with Gasteiger partial charge in [-0.1, -0.05) is 52.4 Å². The summed E-state index contributed by atoms with van der Waals surface area (Å²) in [5, 5.41) is 0. The highest BCUT2D eigenvalue weighted by Crippen LogP contribution is 2.23. The molecular formula is C20H32O5. The summed E-state index contributed by atoms with van der Waals surface area (Å²) >= 11 is 0. The topological polar surface area (TPSA) is 65.7 Å². The SMILES string of the molecule is CCCCCCOC(=O)c1oc(C(=O)OCCCCCC)c(C)c1C. The summed E-state index contributed by atoms with van der Waals surface area (Å²) in [6, 6.07) is 0. The van der Waals surface area contributed by atoms with Crippen molar-refractivity contribution in [1.29, 1.82) is 0 Å². The summed E-state index contributed by atoms with van der Waals surface area (Å²) in [7, 11) is 0. The van der Waals surface area contributed by atoms with Crippen LogP contribution in [0, 0.1) is 13.8 Å². The highest BCUT2D eigenvalue weighted by molar-refractivity contribution is 5.93. The number of furan rings is 1. The Morgan fingerprint density at radius 3 is 1.48 bits per heavy atom. The number of carbonyl (C=O) groups excluding carboxylic acids is 2. The minimum atomic E-state index is -0.515. The zero-order valence-corrected chi connectivity index (χ0v) is 16.1. The minimum absolute atomic E-state index is 0.103. The lowest BCUT2D eigenvalue weighted by atomic mass is 10.1. The van der Waals surface area contributed by atoms with Crippen LogP contribution in [0.25, 0.3) is 0 Å². The predicted octanol–water partition coefficient (Wildman–Crippen LogP) is 5.37. The standard InChI is InChI=1S/C20H32O5/c1-5-7-9-11-13-23-19(21)17-15(3)16(4)18(25-17)20(22)24-14-12-10-8-6-2/h5-14H2,1-4H3. The number of carbonyl (C=O) groups is 2. The maximum absolute atomic E-state index is 12.2. The number of esters is 2.